The van der Waals surface area contributed by atoms with E-state index < -0.39 is 0 Å². The number of aryl methyl sites for hydroxylation is 1. The third kappa shape index (κ3) is 2.91. The second-order valence-corrected chi connectivity index (χ2v) is 4.33. The fourth-order valence-electron chi connectivity index (χ4n) is 1.53. The van der Waals surface area contributed by atoms with Crippen LogP contribution in [0.2, 0.25) is 0 Å². The van der Waals surface area contributed by atoms with Crippen molar-refractivity contribution in [1.82, 2.24) is 5.32 Å². The molecule has 1 heterocycles. The summed E-state index contributed by atoms with van der Waals surface area (Å²) in [6, 6.07) is 7.34. The molecule has 3 nitrogen and oxygen atoms in total. The number of furan rings is 1. The lowest BCUT2D eigenvalue weighted by Crippen LogP contribution is -2.23. The van der Waals surface area contributed by atoms with Crippen LogP contribution in [0.1, 0.15) is 21.5 Å². The van der Waals surface area contributed by atoms with Crippen molar-refractivity contribution < 1.29 is 9.21 Å². The van der Waals surface area contributed by atoms with Crippen molar-refractivity contribution in [3.8, 4) is 0 Å². The Balaban J connectivity index is 2.07. The molecule has 0 atom stereocenters. The zero-order valence-electron chi connectivity index (χ0n) is 9.43. The number of benzene rings is 1. The summed E-state index contributed by atoms with van der Waals surface area (Å²) in [4.78, 5) is 12.7. The average Bonchev–Trinajstić information content (AvgIpc) is 2.82. The Hall–Kier alpha value is -1.68. The first kappa shape index (κ1) is 11.8. The second-order valence-electron chi connectivity index (χ2n) is 3.81. The lowest BCUT2D eigenvalue weighted by Gasteiger charge is -2.07. The van der Waals surface area contributed by atoms with Crippen LogP contribution in [-0.4, -0.2) is 5.91 Å². The molecule has 0 saturated heterocycles. The lowest BCUT2D eigenvalue weighted by molar-refractivity contribution is 0.0950. The molecule has 1 aromatic heterocycles. The average molecular weight is 247 g/mol. The summed E-state index contributed by atoms with van der Waals surface area (Å²) < 4.78 is 4.93. The number of thiol groups is 1. The summed E-state index contributed by atoms with van der Waals surface area (Å²) in [5.41, 5.74) is 2.53. The van der Waals surface area contributed by atoms with Crippen LogP contribution in [0.3, 0.4) is 0 Å². The van der Waals surface area contributed by atoms with Crippen LogP contribution < -0.4 is 5.32 Å². The Kier molecular flexibility index (Phi) is 3.54. The third-order valence-electron chi connectivity index (χ3n) is 2.50. The van der Waals surface area contributed by atoms with E-state index in [4.69, 9.17) is 4.42 Å². The minimum atomic E-state index is -0.0976. The summed E-state index contributed by atoms with van der Waals surface area (Å²) in [7, 11) is 0. The first-order valence-corrected chi connectivity index (χ1v) is 5.70. The zero-order valence-corrected chi connectivity index (χ0v) is 10.3. The molecule has 2 rings (SSSR count). The van der Waals surface area contributed by atoms with Gasteiger partial charge < -0.3 is 9.73 Å². The van der Waals surface area contributed by atoms with E-state index in [1.807, 2.05) is 25.1 Å². The molecule has 0 saturated carbocycles. The summed E-state index contributed by atoms with van der Waals surface area (Å²) >= 11 is 4.23. The quantitative estimate of drug-likeness (QED) is 0.819. The highest BCUT2D eigenvalue weighted by Gasteiger charge is 2.09. The van der Waals surface area contributed by atoms with E-state index in [9.17, 15) is 4.79 Å². The van der Waals surface area contributed by atoms with Crippen LogP contribution in [0.4, 0.5) is 0 Å². The van der Waals surface area contributed by atoms with Gasteiger partial charge >= 0.3 is 0 Å². The first-order chi connectivity index (χ1) is 8.16. The van der Waals surface area contributed by atoms with Gasteiger partial charge in [-0.1, -0.05) is 6.07 Å². The molecule has 2 aromatic rings. The predicted octanol–water partition coefficient (Wildman–Crippen LogP) is 2.81. The summed E-state index contributed by atoms with van der Waals surface area (Å²) in [5, 5.41) is 2.84. The van der Waals surface area contributed by atoms with Gasteiger partial charge in [0.25, 0.3) is 5.91 Å². The molecule has 17 heavy (non-hydrogen) atoms. The van der Waals surface area contributed by atoms with Gasteiger partial charge in [-0.05, 0) is 30.7 Å². The van der Waals surface area contributed by atoms with Gasteiger partial charge in [-0.2, -0.15) is 0 Å². The Labute approximate surface area is 105 Å². The van der Waals surface area contributed by atoms with Crippen LogP contribution in [0, 0.1) is 6.92 Å². The number of nitrogens with one attached hydrogen (secondary N) is 1. The number of hydrogen-bond acceptors (Lipinski definition) is 3. The third-order valence-corrected chi connectivity index (χ3v) is 2.78. The number of carbonyl (C=O) groups is 1. The van der Waals surface area contributed by atoms with E-state index in [1.165, 1.54) is 0 Å². The Bertz CT molecular complexity index is 520. The maximum Gasteiger partial charge on any atom is 0.251 e. The van der Waals surface area contributed by atoms with Crippen LogP contribution in [0.25, 0.3) is 0 Å². The molecule has 1 N–H and O–H groups in total. The minimum Gasteiger partial charge on any atom is -0.472 e. The first-order valence-electron chi connectivity index (χ1n) is 5.25. The van der Waals surface area contributed by atoms with Gasteiger partial charge in [0.15, 0.2) is 0 Å². The van der Waals surface area contributed by atoms with E-state index >= 15 is 0 Å². The zero-order chi connectivity index (χ0) is 12.3. The van der Waals surface area contributed by atoms with Gasteiger partial charge in [-0.25, -0.2) is 0 Å². The molecule has 1 aromatic carbocycles. The van der Waals surface area contributed by atoms with Crippen LogP contribution in [-0.2, 0) is 6.54 Å². The molecule has 1 amide bonds. The molecule has 0 bridgehead atoms. The van der Waals surface area contributed by atoms with Crippen molar-refractivity contribution in [2.75, 3.05) is 0 Å². The van der Waals surface area contributed by atoms with Crippen LogP contribution in [0.5, 0.6) is 0 Å². The van der Waals surface area contributed by atoms with Crippen molar-refractivity contribution in [2.24, 2.45) is 0 Å². The Morgan fingerprint density at radius 3 is 2.94 bits per heavy atom. The maximum atomic E-state index is 11.9. The Morgan fingerprint density at radius 1 is 1.41 bits per heavy atom. The number of hydrogen-bond donors (Lipinski definition) is 2. The molecule has 4 heteroatoms. The highest BCUT2D eigenvalue weighted by Crippen LogP contribution is 2.14. The molecule has 0 radical (unpaired) electrons. The molecule has 0 aliphatic carbocycles. The molecule has 0 aliphatic rings. The fraction of sp³-hybridized carbons (Fsp3) is 0.154. The Morgan fingerprint density at radius 2 is 2.24 bits per heavy atom. The van der Waals surface area contributed by atoms with E-state index in [0.717, 1.165) is 16.0 Å². The highest BCUT2D eigenvalue weighted by atomic mass is 32.1. The monoisotopic (exact) mass is 247 g/mol. The van der Waals surface area contributed by atoms with Gasteiger partial charge in [0, 0.05) is 22.6 Å². The largest absolute Gasteiger partial charge is 0.472 e. The molecule has 0 aliphatic heterocycles. The van der Waals surface area contributed by atoms with Crippen LogP contribution >= 0.6 is 12.6 Å². The predicted molar refractivity (Wildman–Crippen MR) is 68.3 cm³/mol. The SMILES string of the molecule is Cc1ccc(S)cc1C(=O)NCc1ccoc1. The van der Waals surface area contributed by atoms with Crippen molar-refractivity contribution in [3.63, 3.8) is 0 Å². The molecule has 88 valence electrons. The van der Waals surface area contributed by atoms with Gasteiger partial charge in [0.05, 0.1) is 12.5 Å². The summed E-state index contributed by atoms with van der Waals surface area (Å²) in [6.07, 6.45) is 3.20. The number of rotatable bonds is 3. The normalized spacial score (nSPS) is 10.2. The van der Waals surface area contributed by atoms with Crippen molar-refractivity contribution in [2.45, 2.75) is 18.4 Å². The van der Waals surface area contributed by atoms with Crippen LogP contribution in [0.15, 0.2) is 46.1 Å². The maximum absolute atomic E-state index is 11.9. The van der Waals surface area contributed by atoms with Gasteiger partial charge in [0.2, 0.25) is 0 Å². The summed E-state index contributed by atoms with van der Waals surface area (Å²) in [5.74, 6) is -0.0976. The minimum absolute atomic E-state index is 0.0976. The number of carbonyl (C=O) groups excluding carboxylic acids is 1. The van der Waals surface area contributed by atoms with E-state index in [1.54, 1.807) is 18.6 Å². The molecular formula is C13H13NO2S. The fourth-order valence-corrected chi connectivity index (χ4v) is 1.73. The smallest absolute Gasteiger partial charge is 0.251 e. The van der Waals surface area contributed by atoms with Gasteiger partial charge in [0.1, 0.15) is 0 Å². The van der Waals surface area contributed by atoms with E-state index in [-0.39, 0.29) is 5.91 Å². The highest BCUT2D eigenvalue weighted by molar-refractivity contribution is 7.80. The van der Waals surface area contributed by atoms with Gasteiger partial charge in [-0.3, -0.25) is 4.79 Å². The standard InChI is InChI=1S/C13H13NO2S/c1-9-2-3-11(17)6-12(9)13(15)14-7-10-4-5-16-8-10/h2-6,8,17H,7H2,1H3,(H,14,15). The molecule has 0 unspecified atom stereocenters. The van der Waals surface area contributed by atoms with Crippen molar-refractivity contribution in [1.29, 1.82) is 0 Å². The second kappa shape index (κ2) is 5.10. The molecule has 0 spiro atoms. The van der Waals surface area contributed by atoms with Gasteiger partial charge in [-0.15, -0.1) is 12.6 Å². The summed E-state index contributed by atoms with van der Waals surface area (Å²) in [6.45, 7) is 2.37. The molecular weight excluding hydrogens is 234 g/mol. The van der Waals surface area contributed by atoms with E-state index in [0.29, 0.717) is 12.1 Å². The van der Waals surface area contributed by atoms with E-state index in [2.05, 4.69) is 17.9 Å². The molecule has 0 fully saturated rings. The lowest BCUT2D eigenvalue weighted by atomic mass is 10.1. The number of amides is 1. The van der Waals surface area contributed by atoms with Crippen molar-refractivity contribution in [3.05, 3.63) is 53.5 Å². The van der Waals surface area contributed by atoms with Crippen molar-refractivity contribution >= 4 is 18.5 Å². The topological polar surface area (TPSA) is 42.2 Å².